The van der Waals surface area contributed by atoms with Crippen LogP contribution in [0.2, 0.25) is 0 Å². The van der Waals surface area contributed by atoms with Crippen LogP contribution < -0.4 is 15.4 Å². The molecule has 4 rings (SSSR count). The van der Waals surface area contributed by atoms with Crippen LogP contribution in [0.5, 0.6) is 5.75 Å². The Bertz CT molecular complexity index is 754. The summed E-state index contributed by atoms with van der Waals surface area (Å²) in [6, 6.07) is 8.01. The summed E-state index contributed by atoms with van der Waals surface area (Å²) in [4.78, 5) is 23.2. The molecule has 4 heterocycles. The normalized spacial score (nSPS) is 18.6. The van der Waals surface area contributed by atoms with Crippen LogP contribution in [0.1, 0.15) is 36.0 Å². The van der Waals surface area contributed by atoms with E-state index in [0.29, 0.717) is 24.7 Å². The highest BCUT2D eigenvalue weighted by molar-refractivity contribution is 5.94. The second kappa shape index (κ2) is 9.01. The number of hydrogen-bond donors (Lipinski definition) is 2. The summed E-state index contributed by atoms with van der Waals surface area (Å²) in [5, 5.41) is 6.81. The Morgan fingerprint density at radius 2 is 1.93 bits per heavy atom. The molecule has 2 aliphatic heterocycles. The van der Waals surface area contributed by atoms with Crippen molar-refractivity contribution in [3.63, 3.8) is 0 Å². The molecule has 2 aliphatic rings. The third-order valence-corrected chi connectivity index (χ3v) is 5.37. The highest BCUT2D eigenvalue weighted by Gasteiger charge is 2.25. The maximum atomic E-state index is 12.8. The number of rotatable bonds is 5. The monoisotopic (exact) mass is 381 g/mol. The zero-order valence-electron chi connectivity index (χ0n) is 16.0. The van der Waals surface area contributed by atoms with Gasteiger partial charge in [-0.2, -0.15) is 0 Å². The van der Waals surface area contributed by atoms with Crippen molar-refractivity contribution in [2.45, 2.75) is 37.8 Å². The molecule has 0 spiro atoms. The fraction of sp³-hybridized carbons (Fsp3) is 0.476. The van der Waals surface area contributed by atoms with Gasteiger partial charge in [0.1, 0.15) is 17.7 Å². The number of carbonyl (C=O) groups is 1. The fourth-order valence-corrected chi connectivity index (χ4v) is 3.75. The summed E-state index contributed by atoms with van der Waals surface area (Å²) in [6.45, 7) is 3.46. The number of aromatic nitrogens is 2. The van der Waals surface area contributed by atoms with Gasteiger partial charge in [0.25, 0.3) is 5.91 Å². The molecular weight excluding hydrogens is 354 g/mol. The van der Waals surface area contributed by atoms with Gasteiger partial charge < -0.3 is 20.3 Å². The van der Waals surface area contributed by atoms with Gasteiger partial charge in [0.2, 0.25) is 0 Å². The summed E-state index contributed by atoms with van der Waals surface area (Å²) in [5.41, 5.74) is 0.641. The predicted octanol–water partition coefficient (Wildman–Crippen LogP) is 2.32. The summed E-state index contributed by atoms with van der Waals surface area (Å²) in [5.74, 6) is 1.67. The highest BCUT2D eigenvalue weighted by atomic mass is 16.5. The van der Waals surface area contributed by atoms with Gasteiger partial charge in [-0.15, -0.1) is 0 Å². The molecule has 7 nitrogen and oxygen atoms in total. The van der Waals surface area contributed by atoms with E-state index in [2.05, 4.69) is 20.6 Å². The van der Waals surface area contributed by atoms with E-state index in [1.807, 2.05) is 29.2 Å². The van der Waals surface area contributed by atoms with E-state index in [0.717, 1.165) is 50.3 Å². The Labute approximate surface area is 165 Å². The van der Waals surface area contributed by atoms with Gasteiger partial charge in [-0.1, -0.05) is 0 Å². The lowest BCUT2D eigenvalue weighted by Gasteiger charge is -2.32. The van der Waals surface area contributed by atoms with Crippen molar-refractivity contribution < 1.29 is 9.53 Å². The van der Waals surface area contributed by atoms with Crippen LogP contribution in [0.3, 0.4) is 0 Å². The Balaban J connectivity index is 1.27. The van der Waals surface area contributed by atoms with Crippen LogP contribution in [0, 0.1) is 0 Å². The Morgan fingerprint density at radius 3 is 2.61 bits per heavy atom. The zero-order valence-corrected chi connectivity index (χ0v) is 16.0. The highest BCUT2D eigenvalue weighted by Crippen LogP contribution is 2.20. The lowest BCUT2D eigenvalue weighted by atomic mass is 10.1. The Kier molecular flexibility index (Phi) is 6.01. The second-order valence-corrected chi connectivity index (χ2v) is 7.40. The lowest BCUT2D eigenvalue weighted by Crippen LogP contribution is -2.41. The number of nitrogens with zero attached hydrogens (tertiary/aromatic N) is 3. The number of piperidine rings is 2. The first-order valence-corrected chi connectivity index (χ1v) is 10.1. The quantitative estimate of drug-likeness (QED) is 0.828. The molecule has 28 heavy (non-hydrogen) atoms. The first kappa shape index (κ1) is 18.7. The predicted molar refractivity (Wildman–Crippen MR) is 108 cm³/mol. The van der Waals surface area contributed by atoms with Crippen molar-refractivity contribution in [3.8, 4) is 5.75 Å². The molecule has 0 atom stereocenters. The van der Waals surface area contributed by atoms with Crippen LogP contribution in [-0.4, -0.2) is 59.1 Å². The number of hydrogen-bond acceptors (Lipinski definition) is 6. The summed E-state index contributed by atoms with van der Waals surface area (Å²) >= 11 is 0. The zero-order chi connectivity index (χ0) is 19.2. The van der Waals surface area contributed by atoms with Crippen LogP contribution >= 0.6 is 0 Å². The molecule has 2 fully saturated rings. The second-order valence-electron chi connectivity index (χ2n) is 7.40. The van der Waals surface area contributed by atoms with Crippen LogP contribution in [0.25, 0.3) is 0 Å². The van der Waals surface area contributed by atoms with Crippen molar-refractivity contribution >= 4 is 11.7 Å². The van der Waals surface area contributed by atoms with Gasteiger partial charge in [0.15, 0.2) is 0 Å². The van der Waals surface area contributed by atoms with Crippen LogP contribution in [0.4, 0.5) is 5.82 Å². The molecule has 0 radical (unpaired) electrons. The standard InChI is InChI=1S/C21H27N5O2/c27-21(16-3-4-20(24-14-16)25-17-5-10-22-11-6-17)26-12-7-18(8-13-26)28-19-2-1-9-23-15-19/h1-4,9,14-15,17-18,22H,5-8,10-13H2,(H,24,25). The molecule has 0 bridgehead atoms. The van der Waals surface area contributed by atoms with E-state index >= 15 is 0 Å². The van der Waals surface area contributed by atoms with E-state index in [1.54, 1.807) is 18.6 Å². The van der Waals surface area contributed by atoms with Crippen molar-refractivity contribution in [1.29, 1.82) is 0 Å². The van der Waals surface area contributed by atoms with Crippen molar-refractivity contribution in [3.05, 3.63) is 48.4 Å². The SMILES string of the molecule is O=C(c1ccc(NC2CCNCC2)nc1)N1CCC(Oc2cccnc2)CC1. The molecule has 0 saturated carbocycles. The molecule has 2 N–H and O–H groups in total. The van der Waals surface area contributed by atoms with Gasteiger partial charge in [-0.25, -0.2) is 4.98 Å². The topological polar surface area (TPSA) is 79.4 Å². The molecule has 2 aromatic heterocycles. The molecule has 7 heteroatoms. The lowest BCUT2D eigenvalue weighted by molar-refractivity contribution is 0.0594. The minimum Gasteiger partial charge on any atom is -0.489 e. The first-order chi connectivity index (χ1) is 13.8. The van der Waals surface area contributed by atoms with Crippen molar-refractivity contribution in [2.75, 3.05) is 31.5 Å². The Morgan fingerprint density at radius 1 is 1.11 bits per heavy atom. The molecule has 148 valence electrons. The molecule has 2 saturated heterocycles. The van der Waals surface area contributed by atoms with E-state index in [9.17, 15) is 4.79 Å². The van der Waals surface area contributed by atoms with Crippen molar-refractivity contribution in [1.82, 2.24) is 20.2 Å². The molecule has 0 aromatic carbocycles. The van der Waals surface area contributed by atoms with Crippen molar-refractivity contribution in [2.24, 2.45) is 0 Å². The van der Waals surface area contributed by atoms with Crippen LogP contribution in [0.15, 0.2) is 42.9 Å². The maximum Gasteiger partial charge on any atom is 0.255 e. The molecule has 1 amide bonds. The summed E-state index contributed by atoms with van der Waals surface area (Å²) in [7, 11) is 0. The van der Waals surface area contributed by atoms with E-state index in [1.165, 1.54) is 0 Å². The average Bonchev–Trinajstić information content (AvgIpc) is 2.76. The fourth-order valence-electron chi connectivity index (χ4n) is 3.75. The van der Waals surface area contributed by atoms with Crippen LogP contribution in [-0.2, 0) is 0 Å². The molecule has 0 aliphatic carbocycles. The smallest absolute Gasteiger partial charge is 0.255 e. The summed E-state index contributed by atoms with van der Waals surface area (Å²) < 4.78 is 5.95. The number of anilines is 1. The van der Waals surface area contributed by atoms with Gasteiger partial charge >= 0.3 is 0 Å². The maximum absolute atomic E-state index is 12.8. The van der Waals surface area contributed by atoms with Gasteiger partial charge in [0.05, 0.1) is 11.8 Å². The number of amides is 1. The molecule has 2 aromatic rings. The number of ether oxygens (including phenoxy) is 1. The van der Waals surface area contributed by atoms with Gasteiger partial charge in [0, 0.05) is 44.4 Å². The minimum absolute atomic E-state index is 0.0424. The minimum atomic E-state index is 0.0424. The number of carbonyl (C=O) groups excluding carboxylic acids is 1. The van der Waals surface area contributed by atoms with E-state index in [-0.39, 0.29) is 12.0 Å². The van der Waals surface area contributed by atoms with Gasteiger partial charge in [-0.3, -0.25) is 9.78 Å². The third kappa shape index (κ3) is 4.78. The van der Waals surface area contributed by atoms with Gasteiger partial charge in [-0.05, 0) is 50.2 Å². The number of likely N-dealkylation sites (tertiary alicyclic amines) is 1. The van der Waals surface area contributed by atoms with E-state index < -0.39 is 0 Å². The third-order valence-electron chi connectivity index (χ3n) is 5.37. The average molecular weight is 381 g/mol. The Hall–Kier alpha value is -2.67. The summed E-state index contributed by atoms with van der Waals surface area (Å²) in [6.07, 6.45) is 9.11. The molecular formula is C21H27N5O2. The van der Waals surface area contributed by atoms with E-state index in [4.69, 9.17) is 4.74 Å². The largest absolute Gasteiger partial charge is 0.489 e. The molecule has 0 unspecified atom stereocenters. The number of nitrogens with one attached hydrogen (secondary N) is 2. The number of pyridine rings is 2. The first-order valence-electron chi connectivity index (χ1n) is 10.1.